The Labute approximate surface area is 117 Å². The molecule has 1 aromatic carbocycles. The minimum atomic E-state index is -0.940. The van der Waals surface area contributed by atoms with E-state index in [1.165, 1.54) is 12.1 Å². The van der Waals surface area contributed by atoms with Crippen LogP contribution in [-0.4, -0.2) is 28.2 Å². The lowest BCUT2D eigenvalue weighted by Gasteiger charge is -2.12. The summed E-state index contributed by atoms with van der Waals surface area (Å²) in [6, 6.07) is 4.08. The second-order valence-corrected chi connectivity index (χ2v) is 6.45. The fourth-order valence-corrected chi connectivity index (χ4v) is 2.84. The molecule has 1 N–H and O–H groups in total. The van der Waals surface area contributed by atoms with Crippen LogP contribution in [0.5, 0.6) is 0 Å². The van der Waals surface area contributed by atoms with Gasteiger partial charge in [-0.2, -0.15) is 0 Å². The smallest absolute Gasteiger partial charge is 0.224 e. The van der Waals surface area contributed by atoms with Gasteiger partial charge in [-0.15, -0.1) is 0 Å². The summed E-state index contributed by atoms with van der Waals surface area (Å²) >= 11 is 3.21. The maximum atomic E-state index is 12.9. The van der Waals surface area contributed by atoms with Crippen molar-refractivity contribution < 1.29 is 13.4 Å². The Kier molecular flexibility index (Phi) is 5.95. The molecule has 1 rings (SSSR count). The summed E-state index contributed by atoms with van der Waals surface area (Å²) in [5, 5.41) is 2.75. The van der Waals surface area contributed by atoms with Gasteiger partial charge in [0, 0.05) is 33.3 Å². The molecule has 0 spiro atoms. The summed E-state index contributed by atoms with van der Waals surface area (Å²) in [6.45, 7) is 1.80. The molecule has 18 heavy (non-hydrogen) atoms. The lowest BCUT2D eigenvalue weighted by atomic mass is 10.1. The topological polar surface area (TPSA) is 46.2 Å². The fourth-order valence-electron chi connectivity index (χ4n) is 1.56. The Bertz CT molecular complexity index is 467. The first kappa shape index (κ1) is 15.3. The second kappa shape index (κ2) is 6.99. The van der Waals surface area contributed by atoms with E-state index >= 15 is 0 Å². The van der Waals surface area contributed by atoms with Gasteiger partial charge in [0.05, 0.1) is 6.42 Å². The second-order valence-electron chi connectivity index (χ2n) is 4.12. The van der Waals surface area contributed by atoms with Crippen LogP contribution in [0.1, 0.15) is 12.5 Å². The summed E-state index contributed by atoms with van der Waals surface area (Å²) in [4.78, 5) is 11.7. The highest BCUT2D eigenvalue weighted by atomic mass is 79.9. The molecule has 0 aliphatic heterocycles. The maximum absolute atomic E-state index is 12.9. The molecule has 0 radical (unpaired) electrons. The van der Waals surface area contributed by atoms with Crippen molar-refractivity contribution in [1.82, 2.24) is 5.32 Å². The highest BCUT2D eigenvalue weighted by Crippen LogP contribution is 2.18. The molecule has 100 valence electrons. The predicted molar refractivity (Wildman–Crippen MR) is 74.3 cm³/mol. The molecule has 0 aliphatic rings. The van der Waals surface area contributed by atoms with E-state index in [0.29, 0.717) is 10.2 Å². The largest absolute Gasteiger partial charge is 0.352 e. The van der Waals surface area contributed by atoms with E-state index in [1.807, 2.05) is 0 Å². The quantitative estimate of drug-likeness (QED) is 0.894. The molecule has 3 nitrogen and oxygen atoms in total. The standard InChI is InChI=1S/C12H15BrFNO2S/c1-8(7-18(2)17)15-12(16)5-9-3-4-10(14)6-11(9)13/h3-4,6,8H,5,7H2,1-2H3,(H,15,16)/t8-,18+/m1/s1. The van der Waals surface area contributed by atoms with Gasteiger partial charge in [0.25, 0.3) is 0 Å². The van der Waals surface area contributed by atoms with E-state index in [1.54, 1.807) is 19.2 Å². The predicted octanol–water partition coefficient (Wildman–Crippen LogP) is 2.01. The van der Waals surface area contributed by atoms with Crippen LogP contribution in [0.15, 0.2) is 22.7 Å². The number of halogens is 2. The van der Waals surface area contributed by atoms with Gasteiger partial charge in [-0.25, -0.2) is 4.39 Å². The Morgan fingerprint density at radius 2 is 2.22 bits per heavy atom. The first-order valence-electron chi connectivity index (χ1n) is 5.42. The third-order valence-corrected chi connectivity index (χ3v) is 3.97. The zero-order valence-corrected chi connectivity index (χ0v) is 12.6. The number of benzene rings is 1. The molecule has 0 saturated carbocycles. The van der Waals surface area contributed by atoms with Crippen molar-refractivity contribution >= 4 is 32.6 Å². The van der Waals surface area contributed by atoms with Crippen molar-refractivity contribution in [2.45, 2.75) is 19.4 Å². The van der Waals surface area contributed by atoms with Crippen molar-refractivity contribution in [1.29, 1.82) is 0 Å². The first-order valence-corrected chi connectivity index (χ1v) is 7.94. The molecule has 0 aromatic heterocycles. The molecule has 1 amide bonds. The zero-order chi connectivity index (χ0) is 13.7. The number of hydrogen-bond donors (Lipinski definition) is 1. The average Bonchev–Trinajstić information content (AvgIpc) is 2.20. The number of rotatable bonds is 5. The van der Waals surface area contributed by atoms with Gasteiger partial charge in [-0.1, -0.05) is 22.0 Å². The van der Waals surface area contributed by atoms with Crippen LogP contribution in [0.25, 0.3) is 0 Å². The maximum Gasteiger partial charge on any atom is 0.224 e. The minimum absolute atomic E-state index is 0.137. The van der Waals surface area contributed by atoms with Crippen LogP contribution < -0.4 is 5.32 Å². The van der Waals surface area contributed by atoms with Crippen LogP contribution in [0.3, 0.4) is 0 Å². The van der Waals surface area contributed by atoms with E-state index in [0.717, 1.165) is 5.56 Å². The van der Waals surface area contributed by atoms with Crippen LogP contribution in [0.4, 0.5) is 4.39 Å². The van der Waals surface area contributed by atoms with E-state index in [4.69, 9.17) is 0 Å². The molecule has 0 bridgehead atoms. The Morgan fingerprint density at radius 3 is 2.78 bits per heavy atom. The van der Waals surface area contributed by atoms with Gasteiger partial charge in [-0.3, -0.25) is 9.00 Å². The molecule has 0 heterocycles. The highest BCUT2D eigenvalue weighted by molar-refractivity contribution is 9.10. The van der Waals surface area contributed by atoms with Gasteiger partial charge < -0.3 is 5.32 Å². The van der Waals surface area contributed by atoms with Gasteiger partial charge >= 0.3 is 0 Å². The number of carbonyl (C=O) groups excluding carboxylic acids is 1. The van der Waals surface area contributed by atoms with Gasteiger partial charge in [0.15, 0.2) is 0 Å². The molecule has 6 heteroatoms. The van der Waals surface area contributed by atoms with Crippen molar-refractivity contribution in [3.05, 3.63) is 34.1 Å². The fraction of sp³-hybridized carbons (Fsp3) is 0.417. The molecule has 0 saturated heterocycles. The number of hydrogen-bond acceptors (Lipinski definition) is 2. The molecule has 0 aliphatic carbocycles. The van der Waals surface area contributed by atoms with Gasteiger partial charge in [0.1, 0.15) is 5.82 Å². The molecule has 1 aromatic rings. The molecule has 0 fully saturated rings. The monoisotopic (exact) mass is 335 g/mol. The molecule has 2 atom stereocenters. The number of amides is 1. The lowest BCUT2D eigenvalue weighted by molar-refractivity contribution is -0.120. The van der Waals surface area contributed by atoms with Crippen molar-refractivity contribution in [2.24, 2.45) is 0 Å². The third-order valence-electron chi connectivity index (χ3n) is 2.26. The summed E-state index contributed by atoms with van der Waals surface area (Å²) in [5.41, 5.74) is 0.721. The summed E-state index contributed by atoms with van der Waals surface area (Å²) < 4.78 is 24.4. The van der Waals surface area contributed by atoms with Crippen LogP contribution in [0, 0.1) is 5.82 Å². The van der Waals surface area contributed by atoms with Gasteiger partial charge in [0.2, 0.25) is 5.91 Å². The SMILES string of the molecule is C[C@H](C[S@](C)=O)NC(=O)Cc1ccc(F)cc1Br. The van der Waals surface area contributed by atoms with Crippen molar-refractivity contribution in [2.75, 3.05) is 12.0 Å². The van der Waals surface area contributed by atoms with Crippen molar-refractivity contribution in [3.8, 4) is 0 Å². The lowest BCUT2D eigenvalue weighted by Crippen LogP contribution is -2.37. The highest BCUT2D eigenvalue weighted by Gasteiger charge is 2.11. The summed E-state index contributed by atoms with van der Waals surface area (Å²) in [5.74, 6) is -0.0860. The van der Waals surface area contributed by atoms with E-state index < -0.39 is 10.8 Å². The van der Waals surface area contributed by atoms with Crippen LogP contribution in [0.2, 0.25) is 0 Å². The molecular weight excluding hydrogens is 321 g/mol. The van der Waals surface area contributed by atoms with E-state index in [-0.39, 0.29) is 24.2 Å². The minimum Gasteiger partial charge on any atom is -0.352 e. The van der Waals surface area contributed by atoms with Crippen LogP contribution >= 0.6 is 15.9 Å². The summed E-state index contributed by atoms with van der Waals surface area (Å²) in [7, 11) is -0.940. The van der Waals surface area contributed by atoms with Crippen LogP contribution in [-0.2, 0) is 22.0 Å². The van der Waals surface area contributed by atoms with E-state index in [2.05, 4.69) is 21.2 Å². The average molecular weight is 336 g/mol. The normalized spacial score (nSPS) is 14.0. The van der Waals surface area contributed by atoms with Crippen molar-refractivity contribution in [3.63, 3.8) is 0 Å². The Hall–Kier alpha value is -0.750. The Morgan fingerprint density at radius 1 is 1.56 bits per heavy atom. The Balaban J connectivity index is 2.56. The number of carbonyl (C=O) groups is 1. The molecule has 0 unspecified atom stereocenters. The summed E-state index contributed by atoms with van der Waals surface area (Å²) in [6.07, 6.45) is 1.76. The number of nitrogens with one attached hydrogen (secondary N) is 1. The van der Waals surface area contributed by atoms with E-state index in [9.17, 15) is 13.4 Å². The third kappa shape index (κ3) is 5.27. The first-order chi connectivity index (χ1) is 8.38. The van der Waals surface area contributed by atoms with Gasteiger partial charge in [-0.05, 0) is 24.6 Å². The zero-order valence-electron chi connectivity index (χ0n) is 10.2. The molecular formula is C12H15BrFNO2S.